The van der Waals surface area contributed by atoms with Crippen LogP contribution >= 0.6 is 11.3 Å². The van der Waals surface area contributed by atoms with Gasteiger partial charge < -0.3 is 0 Å². The van der Waals surface area contributed by atoms with Gasteiger partial charge in [-0.1, -0.05) is 48.0 Å². The molecule has 0 radical (unpaired) electrons. The first-order valence-corrected chi connectivity index (χ1v) is 9.73. The van der Waals surface area contributed by atoms with Crippen molar-refractivity contribution in [1.82, 2.24) is 4.98 Å². The van der Waals surface area contributed by atoms with E-state index in [1.807, 2.05) is 47.8 Å². The standard InChI is InChI=1S/C23H20N2OS/c1-14-10-15(2)21(16(3)11-14)20-13-27-23(24-20)25-22(26)19-9-8-17-6-4-5-7-18(17)12-19/h4-13H,1-3H3,(H,24,25,26). The fourth-order valence-corrected chi connectivity index (χ4v) is 4.23. The Kier molecular flexibility index (Phi) is 4.50. The molecule has 0 saturated carbocycles. The molecule has 1 aromatic heterocycles. The third-order valence-corrected chi connectivity index (χ3v) is 5.43. The maximum absolute atomic E-state index is 12.6. The number of thiazole rings is 1. The third kappa shape index (κ3) is 3.49. The minimum absolute atomic E-state index is 0.140. The number of amides is 1. The lowest BCUT2D eigenvalue weighted by Gasteiger charge is -2.08. The summed E-state index contributed by atoms with van der Waals surface area (Å²) in [5, 5.41) is 7.72. The highest BCUT2D eigenvalue weighted by Gasteiger charge is 2.13. The number of aryl methyl sites for hydroxylation is 3. The summed E-state index contributed by atoms with van der Waals surface area (Å²) >= 11 is 1.45. The zero-order valence-corrected chi connectivity index (χ0v) is 16.4. The second-order valence-corrected chi connectivity index (χ2v) is 7.69. The van der Waals surface area contributed by atoms with Crippen LogP contribution in [0.1, 0.15) is 27.0 Å². The monoisotopic (exact) mass is 372 g/mol. The molecular formula is C23H20N2OS. The number of nitrogens with one attached hydrogen (secondary N) is 1. The van der Waals surface area contributed by atoms with E-state index in [-0.39, 0.29) is 5.91 Å². The Labute approximate surface area is 162 Å². The molecule has 134 valence electrons. The van der Waals surface area contributed by atoms with Crippen LogP contribution in [0.25, 0.3) is 22.0 Å². The lowest BCUT2D eigenvalue weighted by atomic mass is 9.98. The number of benzene rings is 3. The van der Waals surface area contributed by atoms with E-state index in [1.54, 1.807) is 0 Å². The van der Waals surface area contributed by atoms with E-state index >= 15 is 0 Å². The van der Waals surface area contributed by atoms with Crippen molar-refractivity contribution in [2.45, 2.75) is 20.8 Å². The summed E-state index contributed by atoms with van der Waals surface area (Å²) < 4.78 is 0. The van der Waals surface area contributed by atoms with E-state index in [0.29, 0.717) is 10.7 Å². The van der Waals surface area contributed by atoms with Gasteiger partial charge in [0.2, 0.25) is 0 Å². The molecule has 4 aromatic rings. The molecular weight excluding hydrogens is 352 g/mol. The second kappa shape index (κ2) is 6.97. The molecule has 1 amide bonds. The summed E-state index contributed by atoms with van der Waals surface area (Å²) in [7, 11) is 0. The van der Waals surface area contributed by atoms with Gasteiger partial charge in [-0.2, -0.15) is 0 Å². The Hall–Kier alpha value is -2.98. The van der Waals surface area contributed by atoms with Crippen molar-refractivity contribution in [2.75, 3.05) is 5.32 Å². The highest BCUT2D eigenvalue weighted by molar-refractivity contribution is 7.14. The minimum atomic E-state index is -0.140. The predicted octanol–water partition coefficient (Wildman–Crippen LogP) is 6.14. The molecule has 0 fully saturated rings. The normalized spacial score (nSPS) is 10.9. The quantitative estimate of drug-likeness (QED) is 0.469. The summed E-state index contributed by atoms with van der Waals surface area (Å²) in [5.74, 6) is -0.140. The summed E-state index contributed by atoms with van der Waals surface area (Å²) in [4.78, 5) is 17.3. The van der Waals surface area contributed by atoms with Crippen LogP contribution in [0.15, 0.2) is 60.0 Å². The summed E-state index contributed by atoms with van der Waals surface area (Å²) in [6, 6.07) is 18.1. The largest absolute Gasteiger partial charge is 0.298 e. The molecule has 0 aliphatic rings. The SMILES string of the molecule is Cc1cc(C)c(-c2csc(NC(=O)c3ccc4ccccc4c3)n2)c(C)c1. The van der Waals surface area contributed by atoms with Gasteiger partial charge in [-0.05, 0) is 54.8 Å². The van der Waals surface area contributed by atoms with Crippen molar-refractivity contribution in [3.63, 3.8) is 0 Å². The molecule has 1 N–H and O–H groups in total. The first kappa shape index (κ1) is 17.4. The molecule has 3 nitrogen and oxygen atoms in total. The number of hydrogen-bond acceptors (Lipinski definition) is 3. The topological polar surface area (TPSA) is 42.0 Å². The number of nitrogens with zero attached hydrogens (tertiary/aromatic N) is 1. The lowest BCUT2D eigenvalue weighted by molar-refractivity contribution is 0.102. The molecule has 0 spiro atoms. The fraction of sp³-hybridized carbons (Fsp3) is 0.130. The molecule has 4 heteroatoms. The van der Waals surface area contributed by atoms with E-state index in [0.717, 1.165) is 22.0 Å². The Morgan fingerprint density at radius 1 is 0.926 bits per heavy atom. The van der Waals surface area contributed by atoms with Crippen LogP contribution in [0.4, 0.5) is 5.13 Å². The maximum Gasteiger partial charge on any atom is 0.257 e. The van der Waals surface area contributed by atoms with Crippen molar-refractivity contribution >= 4 is 33.1 Å². The number of carbonyl (C=O) groups is 1. The average Bonchev–Trinajstić information content (AvgIpc) is 3.08. The van der Waals surface area contributed by atoms with Crippen LogP contribution in [0.5, 0.6) is 0 Å². The molecule has 27 heavy (non-hydrogen) atoms. The molecule has 3 aromatic carbocycles. The van der Waals surface area contributed by atoms with E-state index in [1.165, 1.54) is 28.0 Å². The van der Waals surface area contributed by atoms with E-state index in [2.05, 4.69) is 43.2 Å². The van der Waals surface area contributed by atoms with Gasteiger partial charge in [0.05, 0.1) is 5.69 Å². The van der Waals surface area contributed by atoms with Crippen molar-refractivity contribution in [3.8, 4) is 11.3 Å². The van der Waals surface area contributed by atoms with Gasteiger partial charge in [0, 0.05) is 16.5 Å². The molecule has 0 saturated heterocycles. The molecule has 0 unspecified atom stereocenters. The first-order valence-electron chi connectivity index (χ1n) is 8.85. The van der Waals surface area contributed by atoms with Gasteiger partial charge in [0.25, 0.3) is 5.91 Å². The number of fused-ring (bicyclic) bond motifs is 1. The number of hydrogen-bond donors (Lipinski definition) is 1. The van der Waals surface area contributed by atoms with Gasteiger partial charge in [-0.25, -0.2) is 4.98 Å². The molecule has 1 heterocycles. The Bertz CT molecular complexity index is 1140. The predicted molar refractivity (Wildman–Crippen MR) is 114 cm³/mol. The Morgan fingerprint density at radius 2 is 1.63 bits per heavy atom. The van der Waals surface area contributed by atoms with E-state index in [9.17, 15) is 4.79 Å². The van der Waals surface area contributed by atoms with Crippen LogP contribution in [0, 0.1) is 20.8 Å². The summed E-state index contributed by atoms with van der Waals surface area (Å²) in [6.45, 7) is 6.30. The van der Waals surface area contributed by atoms with Crippen molar-refractivity contribution in [3.05, 3.63) is 82.2 Å². The smallest absolute Gasteiger partial charge is 0.257 e. The number of rotatable bonds is 3. The van der Waals surface area contributed by atoms with Gasteiger partial charge in [-0.3, -0.25) is 10.1 Å². The highest BCUT2D eigenvalue weighted by Crippen LogP contribution is 2.31. The summed E-state index contributed by atoms with van der Waals surface area (Å²) in [5.41, 5.74) is 6.32. The molecule has 0 aliphatic carbocycles. The van der Waals surface area contributed by atoms with E-state index in [4.69, 9.17) is 0 Å². The maximum atomic E-state index is 12.6. The van der Waals surface area contributed by atoms with Crippen LogP contribution in [0.3, 0.4) is 0 Å². The Morgan fingerprint density at radius 3 is 2.37 bits per heavy atom. The Balaban J connectivity index is 1.59. The number of aromatic nitrogens is 1. The number of anilines is 1. The minimum Gasteiger partial charge on any atom is -0.298 e. The van der Waals surface area contributed by atoms with Gasteiger partial charge >= 0.3 is 0 Å². The molecule has 0 atom stereocenters. The van der Waals surface area contributed by atoms with Gasteiger partial charge in [0.1, 0.15) is 0 Å². The third-order valence-electron chi connectivity index (χ3n) is 4.67. The zero-order valence-electron chi connectivity index (χ0n) is 15.5. The molecule has 0 aliphatic heterocycles. The van der Waals surface area contributed by atoms with Crippen molar-refractivity contribution in [2.24, 2.45) is 0 Å². The van der Waals surface area contributed by atoms with Crippen LogP contribution < -0.4 is 5.32 Å². The van der Waals surface area contributed by atoms with Crippen LogP contribution in [-0.4, -0.2) is 10.9 Å². The lowest BCUT2D eigenvalue weighted by Crippen LogP contribution is -2.11. The fourth-order valence-electron chi connectivity index (χ4n) is 3.53. The van der Waals surface area contributed by atoms with Crippen molar-refractivity contribution in [1.29, 1.82) is 0 Å². The average molecular weight is 372 g/mol. The summed E-state index contributed by atoms with van der Waals surface area (Å²) in [6.07, 6.45) is 0. The van der Waals surface area contributed by atoms with E-state index < -0.39 is 0 Å². The highest BCUT2D eigenvalue weighted by atomic mass is 32.1. The zero-order chi connectivity index (χ0) is 19.0. The second-order valence-electron chi connectivity index (χ2n) is 6.83. The molecule has 4 rings (SSSR count). The van der Waals surface area contributed by atoms with Gasteiger partial charge in [-0.15, -0.1) is 11.3 Å². The number of carbonyl (C=O) groups excluding carboxylic acids is 1. The van der Waals surface area contributed by atoms with Crippen LogP contribution in [-0.2, 0) is 0 Å². The van der Waals surface area contributed by atoms with Crippen LogP contribution in [0.2, 0.25) is 0 Å². The van der Waals surface area contributed by atoms with Gasteiger partial charge in [0.15, 0.2) is 5.13 Å². The first-order chi connectivity index (χ1) is 13.0. The van der Waals surface area contributed by atoms with Crippen molar-refractivity contribution < 1.29 is 4.79 Å². The molecule has 0 bridgehead atoms.